The third kappa shape index (κ3) is 2.57. The average Bonchev–Trinajstić information content (AvgIpc) is 2.28. The highest BCUT2D eigenvalue weighted by molar-refractivity contribution is 6.01. The third-order valence-electron chi connectivity index (χ3n) is 1.94. The molecule has 0 amide bonds. The molecule has 0 bridgehead atoms. The number of nitro benzene ring substituents is 1. The van der Waals surface area contributed by atoms with Crippen molar-refractivity contribution in [2.45, 2.75) is 6.92 Å². The van der Waals surface area contributed by atoms with Gasteiger partial charge in [-0.2, -0.15) is 0 Å². The zero-order chi connectivity index (χ0) is 13.0. The van der Waals surface area contributed by atoms with Gasteiger partial charge in [-0.3, -0.25) is 10.1 Å². The van der Waals surface area contributed by atoms with Crippen molar-refractivity contribution in [3.8, 4) is 0 Å². The first-order chi connectivity index (χ1) is 7.99. The van der Waals surface area contributed by atoms with E-state index in [0.29, 0.717) is 0 Å². The van der Waals surface area contributed by atoms with E-state index in [1.54, 1.807) is 6.92 Å². The number of carboxylic acids is 1. The first-order valence-corrected chi connectivity index (χ1v) is 4.66. The summed E-state index contributed by atoms with van der Waals surface area (Å²) in [6, 6.07) is 3.47. The SMILES string of the molecule is CCOC(=O)c1cccc(C(=O)O)c1[N+](=O)[O-]. The van der Waals surface area contributed by atoms with E-state index in [2.05, 4.69) is 4.74 Å². The molecule has 0 aliphatic heterocycles. The number of benzene rings is 1. The second-order valence-electron chi connectivity index (χ2n) is 2.98. The van der Waals surface area contributed by atoms with Gasteiger partial charge >= 0.3 is 11.9 Å². The predicted octanol–water partition coefficient (Wildman–Crippen LogP) is 1.47. The van der Waals surface area contributed by atoms with Gasteiger partial charge in [-0.1, -0.05) is 6.07 Å². The minimum Gasteiger partial charge on any atom is -0.477 e. The summed E-state index contributed by atoms with van der Waals surface area (Å²) in [4.78, 5) is 32.1. The Morgan fingerprint density at radius 2 is 2.00 bits per heavy atom. The summed E-state index contributed by atoms with van der Waals surface area (Å²) >= 11 is 0. The number of hydrogen-bond acceptors (Lipinski definition) is 5. The van der Waals surface area contributed by atoms with Gasteiger partial charge in [0.25, 0.3) is 5.69 Å². The maximum absolute atomic E-state index is 11.4. The molecule has 1 aromatic carbocycles. The molecule has 1 rings (SSSR count). The molecule has 0 aliphatic rings. The molecule has 90 valence electrons. The van der Waals surface area contributed by atoms with Gasteiger partial charge in [0.15, 0.2) is 0 Å². The summed E-state index contributed by atoms with van der Waals surface area (Å²) in [6.45, 7) is 1.60. The van der Waals surface area contributed by atoms with Crippen LogP contribution < -0.4 is 0 Å². The first kappa shape index (κ1) is 12.6. The first-order valence-electron chi connectivity index (χ1n) is 4.66. The van der Waals surface area contributed by atoms with E-state index >= 15 is 0 Å². The zero-order valence-electron chi connectivity index (χ0n) is 8.87. The summed E-state index contributed by atoms with van der Waals surface area (Å²) < 4.78 is 4.62. The molecule has 0 unspecified atom stereocenters. The zero-order valence-corrected chi connectivity index (χ0v) is 8.87. The number of carbonyl (C=O) groups excluding carboxylic acids is 1. The third-order valence-corrected chi connectivity index (χ3v) is 1.94. The second-order valence-corrected chi connectivity index (χ2v) is 2.98. The summed E-state index contributed by atoms with van der Waals surface area (Å²) in [7, 11) is 0. The van der Waals surface area contributed by atoms with Gasteiger partial charge in [-0.05, 0) is 19.1 Å². The molecule has 1 aromatic rings. The average molecular weight is 239 g/mol. The van der Waals surface area contributed by atoms with Crippen molar-refractivity contribution < 1.29 is 24.4 Å². The van der Waals surface area contributed by atoms with E-state index in [9.17, 15) is 19.7 Å². The van der Waals surface area contributed by atoms with Crippen LogP contribution in [0.4, 0.5) is 5.69 Å². The molecule has 0 saturated carbocycles. The van der Waals surface area contributed by atoms with E-state index in [-0.39, 0.29) is 12.2 Å². The molecule has 7 nitrogen and oxygen atoms in total. The minimum atomic E-state index is -1.47. The second kappa shape index (κ2) is 5.06. The number of rotatable bonds is 4. The largest absolute Gasteiger partial charge is 0.477 e. The number of para-hydroxylation sites is 1. The summed E-state index contributed by atoms with van der Waals surface area (Å²) in [5, 5.41) is 19.6. The van der Waals surface area contributed by atoms with Crippen molar-refractivity contribution >= 4 is 17.6 Å². The van der Waals surface area contributed by atoms with Gasteiger partial charge in [0, 0.05) is 0 Å². The molecule has 0 atom stereocenters. The van der Waals surface area contributed by atoms with Gasteiger partial charge in [0.1, 0.15) is 11.1 Å². The van der Waals surface area contributed by atoms with Gasteiger partial charge in [-0.15, -0.1) is 0 Å². The van der Waals surface area contributed by atoms with Crippen molar-refractivity contribution in [3.05, 3.63) is 39.4 Å². The molecule has 0 radical (unpaired) electrons. The van der Waals surface area contributed by atoms with E-state index < -0.39 is 28.1 Å². The number of nitro groups is 1. The molecule has 0 heterocycles. The van der Waals surface area contributed by atoms with Crippen LogP contribution in [0.5, 0.6) is 0 Å². The number of esters is 1. The highest BCUT2D eigenvalue weighted by Crippen LogP contribution is 2.24. The molecular formula is C10H9NO6. The minimum absolute atomic E-state index is 0.0489. The fraction of sp³-hybridized carbons (Fsp3) is 0.200. The number of carboxylic acid groups (broad SMARTS) is 1. The molecule has 0 spiro atoms. The van der Waals surface area contributed by atoms with Crippen LogP contribution in [-0.4, -0.2) is 28.6 Å². The Hall–Kier alpha value is -2.44. The Bertz CT molecular complexity index is 482. The van der Waals surface area contributed by atoms with Gasteiger partial charge in [0.05, 0.1) is 11.5 Å². The Morgan fingerprint density at radius 1 is 1.41 bits per heavy atom. The topological polar surface area (TPSA) is 107 Å². The predicted molar refractivity (Wildman–Crippen MR) is 56.0 cm³/mol. The number of ether oxygens (including phenoxy) is 1. The lowest BCUT2D eigenvalue weighted by atomic mass is 10.1. The lowest BCUT2D eigenvalue weighted by Crippen LogP contribution is -2.11. The van der Waals surface area contributed by atoms with Crippen molar-refractivity contribution in [2.75, 3.05) is 6.61 Å². The maximum Gasteiger partial charge on any atom is 0.345 e. The molecule has 0 fully saturated rings. The van der Waals surface area contributed by atoms with E-state index in [4.69, 9.17) is 5.11 Å². The maximum atomic E-state index is 11.4. The molecule has 1 N–H and O–H groups in total. The Balaban J connectivity index is 3.40. The smallest absolute Gasteiger partial charge is 0.345 e. The van der Waals surface area contributed by atoms with Crippen molar-refractivity contribution in [3.63, 3.8) is 0 Å². The van der Waals surface area contributed by atoms with E-state index in [0.717, 1.165) is 12.1 Å². The van der Waals surface area contributed by atoms with Crippen LogP contribution in [0.1, 0.15) is 27.6 Å². The standard InChI is InChI=1S/C10H9NO6/c1-2-17-10(14)7-5-3-4-6(9(12)13)8(7)11(15)16/h3-5H,2H2,1H3,(H,12,13). The number of hydrogen-bond donors (Lipinski definition) is 1. The van der Waals surface area contributed by atoms with Crippen LogP contribution in [0.3, 0.4) is 0 Å². The van der Waals surface area contributed by atoms with Crippen molar-refractivity contribution in [1.29, 1.82) is 0 Å². The number of nitrogens with zero attached hydrogens (tertiary/aromatic N) is 1. The van der Waals surface area contributed by atoms with Crippen LogP contribution in [0, 0.1) is 10.1 Å². The molecule has 0 saturated heterocycles. The molecule has 0 aromatic heterocycles. The summed E-state index contributed by atoms with van der Waals surface area (Å²) in [5.41, 5.74) is -1.66. The quantitative estimate of drug-likeness (QED) is 0.484. The Kier molecular flexibility index (Phi) is 3.76. The molecule has 0 aliphatic carbocycles. The van der Waals surface area contributed by atoms with Gasteiger partial charge < -0.3 is 9.84 Å². The fourth-order valence-corrected chi connectivity index (χ4v) is 1.29. The van der Waals surface area contributed by atoms with E-state index in [1.165, 1.54) is 6.07 Å². The van der Waals surface area contributed by atoms with Gasteiger partial charge in [0.2, 0.25) is 0 Å². The van der Waals surface area contributed by atoms with Gasteiger partial charge in [-0.25, -0.2) is 9.59 Å². The van der Waals surface area contributed by atoms with Crippen LogP contribution in [0.2, 0.25) is 0 Å². The van der Waals surface area contributed by atoms with Crippen molar-refractivity contribution in [2.24, 2.45) is 0 Å². The highest BCUT2D eigenvalue weighted by Gasteiger charge is 2.28. The molecule has 17 heavy (non-hydrogen) atoms. The lowest BCUT2D eigenvalue weighted by Gasteiger charge is -2.04. The molecule has 7 heteroatoms. The van der Waals surface area contributed by atoms with Crippen LogP contribution in [0.15, 0.2) is 18.2 Å². The Labute approximate surface area is 95.8 Å². The van der Waals surface area contributed by atoms with Crippen LogP contribution in [0.25, 0.3) is 0 Å². The monoisotopic (exact) mass is 239 g/mol. The number of aromatic carboxylic acids is 1. The lowest BCUT2D eigenvalue weighted by molar-refractivity contribution is -0.385. The van der Waals surface area contributed by atoms with Crippen molar-refractivity contribution in [1.82, 2.24) is 0 Å². The highest BCUT2D eigenvalue weighted by atomic mass is 16.6. The summed E-state index contributed by atoms with van der Waals surface area (Å²) in [5.74, 6) is -2.38. The Morgan fingerprint density at radius 3 is 2.47 bits per heavy atom. The van der Waals surface area contributed by atoms with Crippen LogP contribution >= 0.6 is 0 Å². The summed E-state index contributed by atoms with van der Waals surface area (Å²) in [6.07, 6.45) is 0. The molecular weight excluding hydrogens is 230 g/mol. The normalized spacial score (nSPS) is 9.71. The van der Waals surface area contributed by atoms with Crippen LogP contribution in [-0.2, 0) is 4.74 Å². The fourth-order valence-electron chi connectivity index (χ4n) is 1.29. The van der Waals surface area contributed by atoms with E-state index in [1.807, 2.05) is 0 Å². The number of carbonyl (C=O) groups is 2.